The summed E-state index contributed by atoms with van der Waals surface area (Å²) in [5, 5.41) is 10.1. The van der Waals surface area contributed by atoms with Crippen molar-refractivity contribution in [3.63, 3.8) is 0 Å². The van der Waals surface area contributed by atoms with Crippen LogP contribution in [0.5, 0.6) is 0 Å². The fraction of sp³-hybridized carbons (Fsp3) is 0.765. The van der Waals surface area contributed by atoms with Crippen LogP contribution in [-0.4, -0.2) is 64.7 Å². The molecule has 0 radical (unpaired) electrons. The molecule has 0 spiro atoms. The Labute approximate surface area is 144 Å². The molecule has 2 heterocycles. The Kier molecular flexibility index (Phi) is 7.53. The molecule has 0 bridgehead atoms. The highest BCUT2D eigenvalue weighted by Gasteiger charge is 2.28. The maximum Gasteiger partial charge on any atom is 0.223 e. The van der Waals surface area contributed by atoms with Crippen molar-refractivity contribution in [2.45, 2.75) is 58.1 Å². The second-order valence-electron chi connectivity index (χ2n) is 6.25. The van der Waals surface area contributed by atoms with E-state index in [-0.39, 0.29) is 11.4 Å². The minimum Gasteiger partial charge on any atom is -0.392 e. The number of hydrogen-bond acceptors (Lipinski definition) is 4. The monoisotopic (exact) mass is 340 g/mol. The van der Waals surface area contributed by atoms with Gasteiger partial charge in [0.05, 0.1) is 6.10 Å². The van der Waals surface area contributed by atoms with E-state index in [9.17, 15) is 5.11 Å². The predicted molar refractivity (Wildman–Crippen MR) is 97.2 cm³/mol. The number of rotatable bonds is 4. The van der Waals surface area contributed by atoms with Gasteiger partial charge in [0.2, 0.25) is 5.29 Å². The smallest absolute Gasteiger partial charge is 0.223 e. The van der Waals surface area contributed by atoms with Crippen molar-refractivity contribution in [2.75, 3.05) is 26.2 Å². The largest absolute Gasteiger partial charge is 0.392 e. The van der Waals surface area contributed by atoms with Crippen LogP contribution >= 0.6 is 11.6 Å². The number of aliphatic imine (C=N–C) groups is 2. The van der Waals surface area contributed by atoms with Gasteiger partial charge in [-0.1, -0.05) is 6.92 Å². The van der Waals surface area contributed by atoms with Crippen molar-refractivity contribution in [3.8, 4) is 0 Å². The van der Waals surface area contributed by atoms with E-state index in [1.54, 1.807) is 6.21 Å². The van der Waals surface area contributed by atoms with Crippen LogP contribution in [0.2, 0.25) is 0 Å². The van der Waals surface area contributed by atoms with Crippen LogP contribution in [0.4, 0.5) is 0 Å². The van der Waals surface area contributed by atoms with E-state index in [2.05, 4.69) is 32.8 Å². The fourth-order valence-corrected chi connectivity index (χ4v) is 3.62. The summed E-state index contributed by atoms with van der Waals surface area (Å²) in [6.45, 7) is 7.85. The predicted octanol–water partition coefficient (Wildman–Crippen LogP) is 2.84. The summed E-state index contributed by atoms with van der Waals surface area (Å²) in [5.74, 6) is 0.931. The average Bonchev–Trinajstić information content (AvgIpc) is 2.55. The molecule has 6 heteroatoms. The molecule has 0 aromatic heterocycles. The maximum absolute atomic E-state index is 9.86. The number of amidine groups is 1. The minimum atomic E-state index is -0.146. The van der Waals surface area contributed by atoms with E-state index in [1.807, 2.05) is 6.92 Å². The van der Waals surface area contributed by atoms with E-state index in [0.29, 0.717) is 6.04 Å². The molecule has 0 aliphatic carbocycles. The number of aliphatic hydroxyl groups is 1. The molecule has 130 valence electrons. The Morgan fingerprint density at radius 2 is 2.00 bits per heavy atom. The van der Waals surface area contributed by atoms with Gasteiger partial charge in [-0.25, -0.2) is 9.98 Å². The minimum absolute atomic E-state index is 0.146. The number of nitrogens with zero attached hydrogens (tertiary/aromatic N) is 4. The van der Waals surface area contributed by atoms with Gasteiger partial charge in [-0.15, -0.1) is 0 Å². The molecule has 2 fully saturated rings. The summed E-state index contributed by atoms with van der Waals surface area (Å²) in [6, 6.07) is 0.581. The van der Waals surface area contributed by atoms with Gasteiger partial charge in [0.15, 0.2) is 0 Å². The van der Waals surface area contributed by atoms with Crippen molar-refractivity contribution in [1.82, 2.24) is 9.80 Å². The second-order valence-corrected chi connectivity index (χ2v) is 6.59. The van der Waals surface area contributed by atoms with Crippen LogP contribution in [0.25, 0.3) is 0 Å². The standard InChI is InChI=1S/C17H29ClN4O/c1-3-6-16(20-17(18)19-4-2)21-11-8-14(9-12-21)22-10-5-7-15(23)13-22/h4,6,14-15,23H,3,5,7-13H2,1-2H3/b16-6-,19-4-,20-17-. The molecule has 0 aromatic rings. The highest BCUT2D eigenvalue weighted by Crippen LogP contribution is 2.24. The zero-order valence-electron chi connectivity index (χ0n) is 14.3. The van der Waals surface area contributed by atoms with Crippen molar-refractivity contribution >= 4 is 23.1 Å². The highest BCUT2D eigenvalue weighted by atomic mass is 35.5. The normalized spacial score (nSPS) is 26.3. The molecule has 1 atom stereocenters. The van der Waals surface area contributed by atoms with Crippen LogP contribution in [0.3, 0.4) is 0 Å². The summed E-state index contributed by atoms with van der Waals surface area (Å²) < 4.78 is 0. The number of aliphatic hydroxyl groups excluding tert-OH is 1. The van der Waals surface area contributed by atoms with E-state index >= 15 is 0 Å². The Morgan fingerprint density at radius 1 is 1.26 bits per heavy atom. The maximum atomic E-state index is 9.86. The first kappa shape index (κ1) is 18.4. The van der Waals surface area contributed by atoms with Gasteiger partial charge in [0, 0.05) is 31.9 Å². The molecule has 0 amide bonds. The molecular formula is C17H29ClN4O. The van der Waals surface area contributed by atoms with Crippen LogP contribution in [0, 0.1) is 0 Å². The molecule has 0 aromatic carbocycles. The zero-order chi connectivity index (χ0) is 16.7. The van der Waals surface area contributed by atoms with Gasteiger partial charge in [-0.2, -0.15) is 0 Å². The third-order valence-electron chi connectivity index (χ3n) is 4.56. The lowest BCUT2D eigenvalue weighted by molar-refractivity contribution is 0.0288. The zero-order valence-corrected chi connectivity index (χ0v) is 15.0. The Hall–Kier alpha value is -0.910. The Balaban J connectivity index is 1.93. The lowest BCUT2D eigenvalue weighted by Crippen LogP contribution is -2.49. The van der Waals surface area contributed by atoms with Crippen molar-refractivity contribution in [1.29, 1.82) is 0 Å². The number of allylic oxidation sites excluding steroid dienone is 1. The van der Waals surface area contributed by atoms with E-state index in [1.165, 1.54) is 0 Å². The summed E-state index contributed by atoms with van der Waals surface area (Å²) in [7, 11) is 0. The summed E-state index contributed by atoms with van der Waals surface area (Å²) in [5.41, 5.74) is 0. The molecule has 23 heavy (non-hydrogen) atoms. The molecule has 5 nitrogen and oxygen atoms in total. The SMILES string of the molecule is C\C=N/C(Cl)=N\C(=C\CC)N1CCC(N2CCCC(O)C2)CC1. The number of halogens is 1. The van der Waals surface area contributed by atoms with E-state index < -0.39 is 0 Å². The van der Waals surface area contributed by atoms with Crippen LogP contribution in [-0.2, 0) is 0 Å². The number of likely N-dealkylation sites (tertiary alicyclic amines) is 2. The van der Waals surface area contributed by atoms with Crippen LogP contribution in [0.15, 0.2) is 21.9 Å². The molecule has 1 N–H and O–H groups in total. The summed E-state index contributed by atoms with van der Waals surface area (Å²) in [6.07, 6.45) is 8.82. The van der Waals surface area contributed by atoms with E-state index in [4.69, 9.17) is 11.6 Å². The molecule has 2 rings (SSSR count). The summed E-state index contributed by atoms with van der Waals surface area (Å²) >= 11 is 6.05. The molecule has 2 saturated heterocycles. The first-order valence-corrected chi connectivity index (χ1v) is 9.12. The van der Waals surface area contributed by atoms with Gasteiger partial charge in [0.1, 0.15) is 5.82 Å². The van der Waals surface area contributed by atoms with Gasteiger partial charge in [0.25, 0.3) is 0 Å². The Bertz CT molecular complexity index is 456. The first-order chi connectivity index (χ1) is 11.1. The van der Waals surface area contributed by atoms with Gasteiger partial charge in [-0.05, 0) is 63.2 Å². The highest BCUT2D eigenvalue weighted by molar-refractivity contribution is 6.65. The molecule has 1 unspecified atom stereocenters. The van der Waals surface area contributed by atoms with Gasteiger partial charge in [-0.3, -0.25) is 4.90 Å². The van der Waals surface area contributed by atoms with Crippen LogP contribution < -0.4 is 0 Å². The Morgan fingerprint density at radius 3 is 2.61 bits per heavy atom. The molecule has 0 saturated carbocycles. The molecule has 2 aliphatic heterocycles. The quantitative estimate of drug-likeness (QED) is 0.486. The van der Waals surface area contributed by atoms with Gasteiger partial charge >= 0.3 is 0 Å². The number of piperidine rings is 2. The van der Waals surface area contributed by atoms with Crippen molar-refractivity contribution in [2.24, 2.45) is 9.98 Å². The number of hydrogen-bond donors (Lipinski definition) is 1. The molecule has 2 aliphatic rings. The number of β-amino-alcohol motifs (C(OH)–C–C–N with tert-alkyl or cyclic N) is 1. The van der Waals surface area contributed by atoms with Crippen molar-refractivity contribution < 1.29 is 5.11 Å². The average molecular weight is 341 g/mol. The lowest BCUT2D eigenvalue weighted by atomic mass is 9.99. The van der Waals surface area contributed by atoms with Crippen molar-refractivity contribution in [3.05, 3.63) is 11.9 Å². The van der Waals surface area contributed by atoms with Crippen LogP contribution in [0.1, 0.15) is 46.0 Å². The third-order valence-corrected chi connectivity index (χ3v) is 4.74. The first-order valence-electron chi connectivity index (χ1n) is 8.74. The topological polar surface area (TPSA) is 51.4 Å². The third kappa shape index (κ3) is 5.59. The molecular weight excluding hydrogens is 312 g/mol. The lowest BCUT2D eigenvalue weighted by Gasteiger charge is -2.42. The fourth-order valence-electron chi connectivity index (χ4n) is 3.43. The summed E-state index contributed by atoms with van der Waals surface area (Å²) in [4.78, 5) is 13.2. The van der Waals surface area contributed by atoms with Gasteiger partial charge < -0.3 is 10.0 Å². The second kappa shape index (κ2) is 9.40. The van der Waals surface area contributed by atoms with E-state index in [0.717, 1.165) is 64.1 Å².